The van der Waals surface area contributed by atoms with Gasteiger partial charge in [-0.3, -0.25) is 9.59 Å². The standard InChI is InChI=1S/C31H32ClN3O3/c1-3-38-31(37)24-10-7-17-34(19-24)29(36)16-14-27-30(22-8-5-4-6-9-22)33-28-15-11-23(20-35(27)28)26-13-12-25(32)18-21(26)2/h4-6,8-9,11-13,15,18,20,24H,3,7,10,14,16-17,19H2,1-2H3. The van der Waals surface area contributed by atoms with Gasteiger partial charge >= 0.3 is 5.97 Å². The number of halogens is 1. The Bertz CT molecular complexity index is 1460. The molecule has 1 unspecified atom stereocenters. The smallest absolute Gasteiger partial charge is 0.310 e. The molecule has 1 fully saturated rings. The summed E-state index contributed by atoms with van der Waals surface area (Å²) in [6.45, 7) is 5.32. The largest absolute Gasteiger partial charge is 0.466 e. The fourth-order valence-corrected chi connectivity index (χ4v) is 5.54. The second-order valence-corrected chi connectivity index (χ2v) is 10.2. The number of aryl methyl sites for hydroxylation is 2. The first-order valence-corrected chi connectivity index (χ1v) is 13.6. The minimum absolute atomic E-state index is 0.0534. The first-order valence-electron chi connectivity index (χ1n) is 13.2. The van der Waals surface area contributed by atoms with Gasteiger partial charge in [0.1, 0.15) is 5.65 Å². The highest BCUT2D eigenvalue weighted by molar-refractivity contribution is 6.30. The molecule has 2 aromatic heterocycles. The minimum Gasteiger partial charge on any atom is -0.466 e. The first-order chi connectivity index (χ1) is 18.4. The summed E-state index contributed by atoms with van der Waals surface area (Å²) in [4.78, 5) is 32.3. The Labute approximate surface area is 228 Å². The maximum Gasteiger partial charge on any atom is 0.310 e. The molecule has 1 saturated heterocycles. The zero-order chi connectivity index (χ0) is 26.6. The lowest BCUT2D eigenvalue weighted by Gasteiger charge is -2.31. The third kappa shape index (κ3) is 5.46. The van der Waals surface area contributed by atoms with Crippen LogP contribution in [0.4, 0.5) is 0 Å². The van der Waals surface area contributed by atoms with Gasteiger partial charge in [-0.1, -0.05) is 48.0 Å². The second-order valence-electron chi connectivity index (χ2n) is 9.81. The summed E-state index contributed by atoms with van der Waals surface area (Å²) in [5, 5.41) is 0.712. The minimum atomic E-state index is -0.242. The monoisotopic (exact) mass is 529 g/mol. The van der Waals surface area contributed by atoms with Gasteiger partial charge in [0.05, 0.1) is 23.9 Å². The summed E-state index contributed by atoms with van der Waals surface area (Å²) < 4.78 is 7.32. The van der Waals surface area contributed by atoms with E-state index in [0.29, 0.717) is 37.6 Å². The van der Waals surface area contributed by atoms with Crippen molar-refractivity contribution < 1.29 is 14.3 Å². The predicted octanol–water partition coefficient (Wildman–Crippen LogP) is 6.36. The van der Waals surface area contributed by atoms with Crippen molar-refractivity contribution in [1.82, 2.24) is 14.3 Å². The number of piperidine rings is 1. The van der Waals surface area contributed by atoms with E-state index in [2.05, 4.69) is 23.6 Å². The van der Waals surface area contributed by atoms with E-state index in [1.807, 2.05) is 66.4 Å². The molecule has 7 heteroatoms. The summed E-state index contributed by atoms with van der Waals surface area (Å²) in [6.07, 6.45) is 4.55. The average molecular weight is 530 g/mol. The Morgan fingerprint density at radius 3 is 2.66 bits per heavy atom. The molecule has 6 nitrogen and oxygen atoms in total. The molecule has 0 saturated carbocycles. The van der Waals surface area contributed by atoms with Gasteiger partial charge in [0.2, 0.25) is 5.91 Å². The van der Waals surface area contributed by atoms with Crippen LogP contribution in [-0.4, -0.2) is 45.9 Å². The molecule has 0 bridgehead atoms. The van der Waals surface area contributed by atoms with E-state index < -0.39 is 0 Å². The third-order valence-electron chi connectivity index (χ3n) is 7.23. The molecule has 1 aliphatic heterocycles. The molecular weight excluding hydrogens is 498 g/mol. The molecule has 0 radical (unpaired) electrons. The van der Waals surface area contributed by atoms with Crippen LogP contribution in [-0.2, 0) is 20.7 Å². The number of fused-ring (bicyclic) bond motifs is 1. The highest BCUT2D eigenvalue weighted by Crippen LogP contribution is 2.30. The number of amides is 1. The lowest BCUT2D eigenvalue weighted by Crippen LogP contribution is -2.42. The Morgan fingerprint density at radius 1 is 1.08 bits per heavy atom. The van der Waals surface area contributed by atoms with Gasteiger partial charge in [-0.15, -0.1) is 0 Å². The van der Waals surface area contributed by atoms with Gasteiger partial charge < -0.3 is 14.0 Å². The van der Waals surface area contributed by atoms with Crippen molar-refractivity contribution in [2.75, 3.05) is 19.7 Å². The van der Waals surface area contributed by atoms with Crippen LogP contribution in [0.1, 0.15) is 37.4 Å². The van der Waals surface area contributed by atoms with Gasteiger partial charge in [-0.25, -0.2) is 4.98 Å². The van der Waals surface area contributed by atoms with E-state index in [9.17, 15) is 9.59 Å². The fraction of sp³-hybridized carbons (Fsp3) is 0.323. The molecule has 2 aromatic carbocycles. The van der Waals surface area contributed by atoms with E-state index in [-0.39, 0.29) is 17.8 Å². The molecule has 4 aromatic rings. The Kier molecular flexibility index (Phi) is 7.79. The van der Waals surface area contributed by atoms with Crippen LogP contribution < -0.4 is 0 Å². The number of benzene rings is 2. The van der Waals surface area contributed by atoms with Crippen molar-refractivity contribution in [3.63, 3.8) is 0 Å². The van der Waals surface area contributed by atoms with Crippen molar-refractivity contribution in [2.24, 2.45) is 5.92 Å². The van der Waals surface area contributed by atoms with Gasteiger partial charge in [-0.05, 0) is 74.1 Å². The third-order valence-corrected chi connectivity index (χ3v) is 7.47. The van der Waals surface area contributed by atoms with E-state index >= 15 is 0 Å². The SMILES string of the molecule is CCOC(=O)C1CCCN(C(=O)CCc2c(-c3ccccc3)nc3ccc(-c4ccc(Cl)cc4C)cn23)C1. The van der Waals surface area contributed by atoms with Crippen LogP contribution >= 0.6 is 11.6 Å². The molecule has 5 rings (SSSR count). The molecule has 196 valence electrons. The summed E-state index contributed by atoms with van der Waals surface area (Å²) in [7, 11) is 0. The molecule has 38 heavy (non-hydrogen) atoms. The van der Waals surface area contributed by atoms with Gasteiger partial charge in [0.25, 0.3) is 0 Å². The predicted molar refractivity (Wildman–Crippen MR) is 150 cm³/mol. The number of aromatic nitrogens is 2. The lowest BCUT2D eigenvalue weighted by atomic mass is 9.97. The molecular formula is C31H32ClN3O3. The van der Waals surface area contributed by atoms with Gasteiger partial charge in [0, 0.05) is 36.3 Å². The van der Waals surface area contributed by atoms with Crippen molar-refractivity contribution >= 4 is 29.1 Å². The molecule has 0 spiro atoms. The highest BCUT2D eigenvalue weighted by atomic mass is 35.5. The molecule has 0 N–H and O–H groups in total. The van der Waals surface area contributed by atoms with Crippen molar-refractivity contribution in [2.45, 2.75) is 39.5 Å². The molecule has 3 heterocycles. The number of nitrogens with zero attached hydrogens (tertiary/aromatic N) is 3. The number of ether oxygens (including phenoxy) is 1. The average Bonchev–Trinajstić information content (AvgIpc) is 3.30. The Hall–Kier alpha value is -3.64. The van der Waals surface area contributed by atoms with Gasteiger partial charge in [-0.2, -0.15) is 0 Å². The molecule has 1 aliphatic rings. The van der Waals surface area contributed by atoms with Crippen LogP contribution in [0.3, 0.4) is 0 Å². The number of imidazole rings is 1. The van der Waals surface area contributed by atoms with Crippen molar-refractivity contribution in [3.8, 4) is 22.4 Å². The zero-order valence-electron chi connectivity index (χ0n) is 21.8. The maximum absolute atomic E-state index is 13.3. The number of rotatable bonds is 7. The number of likely N-dealkylation sites (tertiary alicyclic amines) is 1. The summed E-state index contributed by atoms with van der Waals surface area (Å²) in [5.74, 6) is -0.394. The Balaban J connectivity index is 1.45. The van der Waals surface area contributed by atoms with E-state index in [4.69, 9.17) is 21.3 Å². The molecule has 1 amide bonds. The lowest BCUT2D eigenvalue weighted by molar-refractivity contribution is -0.151. The number of hydrogen-bond acceptors (Lipinski definition) is 4. The molecule has 1 atom stereocenters. The van der Waals surface area contributed by atoms with E-state index in [1.165, 1.54) is 0 Å². The highest BCUT2D eigenvalue weighted by Gasteiger charge is 2.29. The van der Waals surface area contributed by atoms with Crippen LogP contribution in [0.25, 0.3) is 28.0 Å². The second kappa shape index (κ2) is 11.4. The maximum atomic E-state index is 13.3. The van der Waals surface area contributed by atoms with E-state index in [0.717, 1.165) is 52.1 Å². The number of hydrogen-bond donors (Lipinski definition) is 0. The summed E-state index contributed by atoms with van der Waals surface area (Å²) in [6, 6.07) is 20.1. The van der Waals surface area contributed by atoms with Crippen LogP contribution in [0.5, 0.6) is 0 Å². The summed E-state index contributed by atoms with van der Waals surface area (Å²) >= 11 is 6.20. The quantitative estimate of drug-likeness (QED) is 0.261. The number of carbonyl (C=O) groups excluding carboxylic acids is 2. The topological polar surface area (TPSA) is 63.9 Å². The molecule has 0 aliphatic carbocycles. The van der Waals surface area contributed by atoms with E-state index in [1.54, 1.807) is 0 Å². The number of carbonyl (C=O) groups is 2. The number of esters is 1. The van der Waals surface area contributed by atoms with Crippen LogP contribution in [0, 0.1) is 12.8 Å². The van der Waals surface area contributed by atoms with Gasteiger partial charge in [0.15, 0.2) is 0 Å². The number of pyridine rings is 1. The normalized spacial score (nSPS) is 15.6. The van der Waals surface area contributed by atoms with Crippen LogP contribution in [0.15, 0.2) is 66.9 Å². The Morgan fingerprint density at radius 2 is 1.89 bits per heavy atom. The zero-order valence-corrected chi connectivity index (χ0v) is 22.6. The fourth-order valence-electron chi connectivity index (χ4n) is 5.31. The van der Waals surface area contributed by atoms with Crippen molar-refractivity contribution in [3.05, 3.63) is 83.1 Å². The van der Waals surface area contributed by atoms with Crippen molar-refractivity contribution in [1.29, 1.82) is 0 Å². The summed E-state index contributed by atoms with van der Waals surface area (Å²) in [5.41, 5.74) is 6.98. The van der Waals surface area contributed by atoms with Crippen LogP contribution in [0.2, 0.25) is 5.02 Å². The first kappa shape index (κ1) is 26.0.